The molecule has 1 aromatic carbocycles. The quantitative estimate of drug-likeness (QED) is 0.877. The summed E-state index contributed by atoms with van der Waals surface area (Å²) in [5.74, 6) is -1.05. The number of carboxylic acid groups (broad SMARTS) is 1. The highest BCUT2D eigenvalue weighted by Gasteiger charge is 2.32. The maximum atomic E-state index is 12.6. The minimum atomic E-state index is -4.34. The van der Waals surface area contributed by atoms with Gasteiger partial charge in [0.15, 0.2) is 0 Å². The zero-order valence-corrected chi connectivity index (χ0v) is 11.5. The first kappa shape index (κ1) is 15.8. The third-order valence-corrected chi connectivity index (χ3v) is 3.97. The van der Waals surface area contributed by atoms with Crippen LogP contribution >= 0.6 is 0 Å². The fraction of sp³-hybridized carbons (Fsp3) is 0.533. The van der Waals surface area contributed by atoms with Crippen LogP contribution in [-0.2, 0) is 17.5 Å². The highest BCUT2D eigenvalue weighted by atomic mass is 19.4. The van der Waals surface area contributed by atoms with Gasteiger partial charge in [0, 0.05) is 6.54 Å². The fourth-order valence-electron chi connectivity index (χ4n) is 2.87. The average Bonchev–Trinajstić information content (AvgIpc) is 2.87. The molecule has 0 aliphatic heterocycles. The van der Waals surface area contributed by atoms with E-state index in [1.54, 1.807) is 6.07 Å². The molecule has 3 nitrogen and oxygen atoms in total. The molecule has 0 radical (unpaired) electrons. The summed E-state index contributed by atoms with van der Waals surface area (Å²) in [5, 5.41) is 12.1. The normalized spacial score (nSPS) is 22.4. The smallest absolute Gasteiger partial charge is 0.416 e. The molecule has 0 aromatic heterocycles. The molecule has 2 unspecified atom stereocenters. The van der Waals surface area contributed by atoms with Gasteiger partial charge in [-0.25, -0.2) is 0 Å². The number of rotatable bonds is 5. The third kappa shape index (κ3) is 4.20. The van der Waals surface area contributed by atoms with Crippen LogP contribution in [0.3, 0.4) is 0 Å². The first-order valence-corrected chi connectivity index (χ1v) is 6.97. The van der Waals surface area contributed by atoms with Crippen LogP contribution in [0.5, 0.6) is 0 Å². The monoisotopic (exact) mass is 301 g/mol. The summed E-state index contributed by atoms with van der Waals surface area (Å²) < 4.78 is 37.8. The van der Waals surface area contributed by atoms with E-state index in [1.807, 2.05) is 0 Å². The average molecular weight is 301 g/mol. The molecule has 2 rings (SSSR count). The summed E-state index contributed by atoms with van der Waals surface area (Å²) in [6.45, 7) is 0.833. The summed E-state index contributed by atoms with van der Waals surface area (Å²) in [7, 11) is 0. The second kappa shape index (κ2) is 6.47. The Morgan fingerprint density at radius 3 is 2.76 bits per heavy atom. The van der Waals surface area contributed by atoms with E-state index in [0.29, 0.717) is 25.1 Å². The standard InChI is InChI=1S/C15H18F3NO2/c16-15(17,18)12-5-1-3-10(7-12)8-19-9-11-4-2-6-13(11)14(20)21/h1,3,5,7,11,13,19H,2,4,6,8-9H2,(H,20,21). The van der Waals surface area contributed by atoms with E-state index in [9.17, 15) is 18.0 Å². The molecule has 2 N–H and O–H groups in total. The number of carboxylic acids is 1. The van der Waals surface area contributed by atoms with Gasteiger partial charge in [0.2, 0.25) is 0 Å². The van der Waals surface area contributed by atoms with Gasteiger partial charge in [-0.2, -0.15) is 13.2 Å². The van der Waals surface area contributed by atoms with Crippen LogP contribution in [0.4, 0.5) is 13.2 Å². The summed E-state index contributed by atoms with van der Waals surface area (Å²) in [6.07, 6.45) is -1.90. The van der Waals surface area contributed by atoms with Crippen molar-refractivity contribution in [2.75, 3.05) is 6.54 Å². The fourth-order valence-corrected chi connectivity index (χ4v) is 2.87. The molecule has 0 spiro atoms. The Hall–Kier alpha value is -1.56. The Morgan fingerprint density at radius 1 is 1.33 bits per heavy atom. The molecule has 1 aliphatic carbocycles. The summed E-state index contributed by atoms with van der Waals surface area (Å²) >= 11 is 0. The second-order valence-corrected chi connectivity index (χ2v) is 5.46. The molecule has 1 saturated carbocycles. The minimum Gasteiger partial charge on any atom is -0.481 e. The molecule has 2 atom stereocenters. The molecular formula is C15H18F3NO2. The van der Waals surface area contributed by atoms with Crippen molar-refractivity contribution in [3.63, 3.8) is 0 Å². The van der Waals surface area contributed by atoms with E-state index in [1.165, 1.54) is 6.07 Å². The summed E-state index contributed by atoms with van der Waals surface area (Å²) in [5.41, 5.74) is -0.110. The Kier molecular flexibility index (Phi) is 4.88. The lowest BCUT2D eigenvalue weighted by atomic mass is 9.96. The number of benzene rings is 1. The number of halogens is 3. The van der Waals surface area contributed by atoms with Gasteiger partial charge in [0.05, 0.1) is 11.5 Å². The number of nitrogens with one attached hydrogen (secondary N) is 1. The van der Waals surface area contributed by atoms with Crippen LogP contribution in [-0.4, -0.2) is 17.6 Å². The van der Waals surface area contributed by atoms with E-state index < -0.39 is 17.7 Å². The van der Waals surface area contributed by atoms with E-state index >= 15 is 0 Å². The maximum Gasteiger partial charge on any atom is 0.416 e. The number of alkyl halides is 3. The van der Waals surface area contributed by atoms with Crippen molar-refractivity contribution >= 4 is 5.97 Å². The Morgan fingerprint density at radius 2 is 2.10 bits per heavy atom. The van der Waals surface area contributed by atoms with Crippen molar-refractivity contribution in [2.24, 2.45) is 11.8 Å². The van der Waals surface area contributed by atoms with Crippen LogP contribution in [0.2, 0.25) is 0 Å². The van der Waals surface area contributed by atoms with Gasteiger partial charge in [-0.15, -0.1) is 0 Å². The van der Waals surface area contributed by atoms with Crippen LogP contribution < -0.4 is 5.32 Å². The van der Waals surface area contributed by atoms with Crippen molar-refractivity contribution < 1.29 is 23.1 Å². The summed E-state index contributed by atoms with van der Waals surface area (Å²) in [4.78, 5) is 11.0. The highest BCUT2D eigenvalue weighted by Crippen LogP contribution is 2.32. The molecule has 1 fully saturated rings. The zero-order valence-electron chi connectivity index (χ0n) is 11.5. The van der Waals surface area contributed by atoms with Gasteiger partial charge in [-0.3, -0.25) is 4.79 Å². The van der Waals surface area contributed by atoms with Crippen LogP contribution in [0.25, 0.3) is 0 Å². The van der Waals surface area contributed by atoms with Gasteiger partial charge in [-0.1, -0.05) is 24.6 Å². The van der Waals surface area contributed by atoms with E-state index in [2.05, 4.69) is 5.32 Å². The van der Waals surface area contributed by atoms with Gasteiger partial charge in [0.25, 0.3) is 0 Å². The first-order valence-electron chi connectivity index (χ1n) is 6.97. The molecule has 1 aliphatic rings. The van der Waals surface area contributed by atoms with Gasteiger partial charge in [-0.05, 0) is 36.9 Å². The van der Waals surface area contributed by atoms with Crippen molar-refractivity contribution in [3.05, 3.63) is 35.4 Å². The minimum absolute atomic E-state index is 0.0632. The Balaban J connectivity index is 1.88. The zero-order chi connectivity index (χ0) is 15.5. The number of aliphatic carboxylic acids is 1. The van der Waals surface area contributed by atoms with Crippen molar-refractivity contribution in [1.82, 2.24) is 5.32 Å². The topological polar surface area (TPSA) is 49.3 Å². The van der Waals surface area contributed by atoms with E-state index in [4.69, 9.17) is 5.11 Å². The highest BCUT2D eigenvalue weighted by molar-refractivity contribution is 5.70. The number of hydrogen-bond donors (Lipinski definition) is 2. The van der Waals surface area contributed by atoms with Crippen molar-refractivity contribution in [2.45, 2.75) is 32.0 Å². The lowest BCUT2D eigenvalue weighted by molar-refractivity contribution is -0.143. The van der Waals surface area contributed by atoms with E-state index in [0.717, 1.165) is 25.0 Å². The molecule has 116 valence electrons. The lowest BCUT2D eigenvalue weighted by Gasteiger charge is -2.16. The number of hydrogen-bond acceptors (Lipinski definition) is 2. The molecule has 0 amide bonds. The molecule has 0 saturated heterocycles. The maximum absolute atomic E-state index is 12.6. The molecule has 6 heteroatoms. The molecule has 0 bridgehead atoms. The third-order valence-electron chi connectivity index (χ3n) is 3.97. The molecule has 21 heavy (non-hydrogen) atoms. The van der Waals surface area contributed by atoms with Crippen molar-refractivity contribution in [1.29, 1.82) is 0 Å². The Bertz CT molecular complexity index is 502. The predicted molar refractivity (Wildman–Crippen MR) is 71.6 cm³/mol. The van der Waals surface area contributed by atoms with Gasteiger partial charge >= 0.3 is 12.1 Å². The van der Waals surface area contributed by atoms with E-state index in [-0.39, 0.29) is 11.8 Å². The summed E-state index contributed by atoms with van der Waals surface area (Å²) in [6, 6.07) is 5.18. The van der Waals surface area contributed by atoms with Crippen molar-refractivity contribution in [3.8, 4) is 0 Å². The largest absolute Gasteiger partial charge is 0.481 e. The van der Waals surface area contributed by atoms with Gasteiger partial charge < -0.3 is 10.4 Å². The molecule has 0 heterocycles. The Labute approximate surface area is 121 Å². The number of carbonyl (C=O) groups is 1. The molecule has 1 aromatic rings. The van der Waals surface area contributed by atoms with Gasteiger partial charge in [0.1, 0.15) is 0 Å². The SMILES string of the molecule is O=C(O)C1CCCC1CNCc1cccc(C(F)(F)F)c1. The van der Waals surface area contributed by atoms with Crippen LogP contribution in [0.1, 0.15) is 30.4 Å². The second-order valence-electron chi connectivity index (χ2n) is 5.46. The molecular weight excluding hydrogens is 283 g/mol. The van der Waals surface area contributed by atoms with Crippen LogP contribution in [0, 0.1) is 11.8 Å². The lowest BCUT2D eigenvalue weighted by Crippen LogP contribution is -2.28. The predicted octanol–water partition coefficient (Wildman–Crippen LogP) is 3.30. The van der Waals surface area contributed by atoms with Crippen LogP contribution in [0.15, 0.2) is 24.3 Å². The first-order chi connectivity index (χ1) is 9.88.